The molecule has 2 N–H and O–H groups in total. The topological polar surface area (TPSA) is 81.5 Å². The second-order valence-corrected chi connectivity index (χ2v) is 2.57. The van der Waals surface area contributed by atoms with Gasteiger partial charge in [0.1, 0.15) is 5.71 Å². The minimum absolute atomic E-state index is 0.00944. The van der Waals surface area contributed by atoms with Crippen LogP contribution in [0.15, 0.2) is 16.9 Å². The highest BCUT2D eigenvalue weighted by Gasteiger charge is 2.20. The van der Waals surface area contributed by atoms with Gasteiger partial charge in [0.05, 0.1) is 11.1 Å². The molecule has 0 heterocycles. The summed E-state index contributed by atoms with van der Waals surface area (Å²) in [5, 5.41) is 10.4. The van der Waals surface area contributed by atoms with Gasteiger partial charge in [0.15, 0.2) is 0 Å². The molecule has 0 bridgehead atoms. The minimum Gasteiger partial charge on any atom is -0.399 e. The van der Waals surface area contributed by atoms with Gasteiger partial charge >= 0.3 is 5.70 Å². The number of allylic oxidation sites excluding steroid dienone is 1. The van der Waals surface area contributed by atoms with Crippen LogP contribution in [0.5, 0.6) is 0 Å². The molecule has 0 fully saturated rings. The predicted molar refractivity (Wildman–Crippen MR) is 47.5 cm³/mol. The first-order chi connectivity index (χ1) is 5.54. The van der Waals surface area contributed by atoms with Crippen LogP contribution in [0.3, 0.4) is 0 Å². The Hall–Kier alpha value is -1.39. The van der Waals surface area contributed by atoms with E-state index in [0.29, 0.717) is 5.71 Å². The lowest BCUT2D eigenvalue weighted by Crippen LogP contribution is -2.18. The zero-order valence-corrected chi connectivity index (χ0v) is 7.44. The smallest absolute Gasteiger partial charge is 0.305 e. The first-order valence-corrected chi connectivity index (χ1v) is 3.57. The van der Waals surface area contributed by atoms with Crippen LogP contribution in [0.1, 0.15) is 13.8 Å². The summed E-state index contributed by atoms with van der Waals surface area (Å²) in [7, 11) is 1.52. The van der Waals surface area contributed by atoms with E-state index in [1.54, 1.807) is 0 Å². The third-order valence-electron chi connectivity index (χ3n) is 1.40. The van der Waals surface area contributed by atoms with Crippen LogP contribution in [-0.2, 0) is 0 Å². The van der Waals surface area contributed by atoms with Crippen molar-refractivity contribution in [3.63, 3.8) is 0 Å². The van der Waals surface area contributed by atoms with Crippen LogP contribution in [0.25, 0.3) is 0 Å². The summed E-state index contributed by atoms with van der Waals surface area (Å²) in [5.74, 6) is 0.00944. The van der Waals surface area contributed by atoms with Gasteiger partial charge in [-0.3, -0.25) is 15.1 Å². The maximum absolute atomic E-state index is 10.4. The van der Waals surface area contributed by atoms with Gasteiger partial charge in [-0.25, -0.2) is 0 Å². The van der Waals surface area contributed by atoms with Gasteiger partial charge in [0, 0.05) is 13.0 Å². The zero-order valence-electron chi connectivity index (χ0n) is 7.44. The Morgan fingerprint density at radius 2 is 2.17 bits per heavy atom. The number of hydrogen-bond donors (Lipinski definition) is 1. The van der Waals surface area contributed by atoms with Crippen molar-refractivity contribution in [1.29, 1.82) is 0 Å². The second-order valence-electron chi connectivity index (χ2n) is 2.57. The molecule has 0 aliphatic rings. The predicted octanol–water partition coefficient (Wildman–Crippen LogP) is 0.790. The van der Waals surface area contributed by atoms with Crippen molar-refractivity contribution in [2.45, 2.75) is 13.8 Å². The van der Waals surface area contributed by atoms with E-state index in [1.165, 1.54) is 7.05 Å². The molecule has 12 heavy (non-hydrogen) atoms. The van der Waals surface area contributed by atoms with E-state index in [2.05, 4.69) is 4.99 Å². The molecule has 0 radical (unpaired) electrons. The van der Waals surface area contributed by atoms with Crippen molar-refractivity contribution < 1.29 is 4.92 Å². The number of rotatable bonds is 3. The van der Waals surface area contributed by atoms with E-state index in [-0.39, 0.29) is 11.6 Å². The van der Waals surface area contributed by atoms with Gasteiger partial charge in [-0.1, -0.05) is 13.8 Å². The minimum atomic E-state index is -0.525. The molecule has 0 aromatic rings. The van der Waals surface area contributed by atoms with E-state index in [0.717, 1.165) is 6.20 Å². The highest BCUT2D eigenvalue weighted by Crippen LogP contribution is 2.07. The Labute approximate surface area is 71.1 Å². The highest BCUT2D eigenvalue weighted by molar-refractivity contribution is 5.99. The fourth-order valence-corrected chi connectivity index (χ4v) is 0.908. The molecule has 0 saturated carbocycles. The van der Waals surface area contributed by atoms with E-state index < -0.39 is 4.92 Å². The molecule has 5 heteroatoms. The Morgan fingerprint density at radius 3 is 2.25 bits per heavy atom. The molecule has 5 nitrogen and oxygen atoms in total. The summed E-state index contributed by atoms with van der Waals surface area (Å²) in [5.41, 5.74) is 5.40. The van der Waals surface area contributed by atoms with E-state index >= 15 is 0 Å². The summed E-state index contributed by atoms with van der Waals surface area (Å²) < 4.78 is 0. The summed E-state index contributed by atoms with van der Waals surface area (Å²) >= 11 is 0. The lowest BCUT2D eigenvalue weighted by molar-refractivity contribution is -0.415. The molecule has 0 atom stereocenters. The molecule has 0 saturated heterocycles. The van der Waals surface area contributed by atoms with E-state index in [1.807, 2.05) is 13.8 Å². The fourth-order valence-electron chi connectivity index (χ4n) is 0.908. The first-order valence-electron chi connectivity index (χ1n) is 3.57. The van der Waals surface area contributed by atoms with Gasteiger partial charge in [0.2, 0.25) is 0 Å². The SMILES string of the molecule is CN=C(/C(=C\N)[N+](=O)[O-])C(C)C. The third kappa shape index (κ3) is 2.34. The molecule has 0 aromatic heterocycles. The Balaban J connectivity index is 4.85. The average Bonchev–Trinajstić information content (AvgIpc) is 1.98. The lowest BCUT2D eigenvalue weighted by Gasteiger charge is -2.04. The van der Waals surface area contributed by atoms with Crippen LogP contribution in [0.2, 0.25) is 0 Å². The van der Waals surface area contributed by atoms with E-state index in [9.17, 15) is 10.1 Å². The standard InChI is InChI=1S/C7H13N3O2/c1-5(2)7(9-3)6(4-8)10(11)12/h4-5H,8H2,1-3H3/b6-4+,9-7?. The van der Waals surface area contributed by atoms with Crippen molar-refractivity contribution in [2.24, 2.45) is 16.6 Å². The van der Waals surface area contributed by atoms with Gasteiger partial charge in [-0.15, -0.1) is 0 Å². The molecule has 0 unspecified atom stereocenters. The van der Waals surface area contributed by atoms with Crippen LogP contribution in [0, 0.1) is 16.0 Å². The molecule has 0 aromatic carbocycles. The maximum Gasteiger partial charge on any atom is 0.305 e. The van der Waals surface area contributed by atoms with Gasteiger partial charge in [-0.2, -0.15) is 0 Å². The van der Waals surface area contributed by atoms with Crippen molar-refractivity contribution in [3.05, 3.63) is 22.0 Å². The molecule has 0 aliphatic carbocycles. The van der Waals surface area contributed by atoms with Crippen LogP contribution < -0.4 is 5.73 Å². The Bertz CT molecular complexity index is 231. The summed E-state index contributed by atoms with van der Waals surface area (Å²) in [4.78, 5) is 13.7. The number of nitro groups is 1. The molecule has 0 spiro atoms. The Morgan fingerprint density at radius 1 is 1.67 bits per heavy atom. The van der Waals surface area contributed by atoms with Crippen molar-refractivity contribution in [3.8, 4) is 0 Å². The van der Waals surface area contributed by atoms with Gasteiger partial charge < -0.3 is 5.73 Å². The summed E-state index contributed by atoms with van der Waals surface area (Å²) in [6.07, 6.45) is 0.975. The normalized spacial score (nSPS) is 13.7. The van der Waals surface area contributed by atoms with Crippen LogP contribution in [0.4, 0.5) is 0 Å². The van der Waals surface area contributed by atoms with Gasteiger partial charge in [0.25, 0.3) is 0 Å². The Kier molecular flexibility index (Phi) is 3.96. The molecular weight excluding hydrogens is 158 g/mol. The number of nitrogens with two attached hydrogens (primary N) is 1. The number of nitrogens with zero attached hydrogens (tertiary/aromatic N) is 2. The summed E-state index contributed by atoms with van der Waals surface area (Å²) in [6.45, 7) is 3.66. The number of aliphatic imine (C=N–C) groups is 1. The molecule has 0 rings (SSSR count). The lowest BCUT2D eigenvalue weighted by atomic mass is 10.1. The quantitative estimate of drug-likeness (QED) is 0.387. The van der Waals surface area contributed by atoms with Crippen LogP contribution >= 0.6 is 0 Å². The molecule has 68 valence electrons. The van der Waals surface area contributed by atoms with Crippen molar-refractivity contribution >= 4 is 5.71 Å². The maximum atomic E-state index is 10.4. The third-order valence-corrected chi connectivity index (χ3v) is 1.40. The number of hydrogen-bond acceptors (Lipinski definition) is 4. The van der Waals surface area contributed by atoms with Crippen molar-refractivity contribution in [1.82, 2.24) is 0 Å². The molecule has 0 aliphatic heterocycles. The molecule has 0 amide bonds. The first kappa shape index (κ1) is 10.6. The monoisotopic (exact) mass is 171 g/mol. The average molecular weight is 171 g/mol. The van der Waals surface area contributed by atoms with Crippen molar-refractivity contribution in [2.75, 3.05) is 7.05 Å². The fraction of sp³-hybridized carbons (Fsp3) is 0.571. The van der Waals surface area contributed by atoms with Gasteiger partial charge in [-0.05, 0) is 0 Å². The summed E-state index contributed by atoms with van der Waals surface area (Å²) in [6, 6.07) is 0. The zero-order chi connectivity index (χ0) is 9.72. The van der Waals surface area contributed by atoms with E-state index in [4.69, 9.17) is 5.73 Å². The second kappa shape index (κ2) is 4.48. The highest BCUT2D eigenvalue weighted by atomic mass is 16.6. The largest absolute Gasteiger partial charge is 0.399 e. The van der Waals surface area contributed by atoms with Crippen LogP contribution in [-0.4, -0.2) is 17.7 Å². The molecular formula is C7H13N3O2.